The highest BCUT2D eigenvalue weighted by molar-refractivity contribution is 8.00. The number of carbonyl (C=O) groups excluding carboxylic acids is 4. The van der Waals surface area contributed by atoms with Gasteiger partial charge in [-0.3, -0.25) is 14.4 Å². The molecule has 3 amide bonds. The molecule has 11 nitrogen and oxygen atoms in total. The number of allylic oxidation sites excluding steroid dienone is 6. The summed E-state index contributed by atoms with van der Waals surface area (Å²) in [5.41, 5.74) is 1.61. The molecule has 4 atom stereocenters. The summed E-state index contributed by atoms with van der Waals surface area (Å²) in [5.74, 6) is -1.66. The maximum absolute atomic E-state index is 13.6. The first kappa shape index (κ1) is 38.1. The molecular weight excluding hydrogens is 671 g/mol. The minimum absolute atomic E-state index is 0.00352. The van der Waals surface area contributed by atoms with E-state index in [9.17, 15) is 29.4 Å². The van der Waals surface area contributed by atoms with Crippen LogP contribution in [0.15, 0.2) is 70.7 Å². The van der Waals surface area contributed by atoms with Gasteiger partial charge >= 0.3 is 5.97 Å². The molecular formula is C39H49N3O8S. The van der Waals surface area contributed by atoms with Crippen molar-refractivity contribution in [2.75, 3.05) is 23.5 Å². The van der Waals surface area contributed by atoms with Crippen molar-refractivity contribution in [2.24, 2.45) is 5.92 Å². The Hall–Kier alpha value is -4.13. The van der Waals surface area contributed by atoms with E-state index in [1.54, 1.807) is 30.4 Å². The molecule has 0 spiro atoms. The number of thioether (sulfide) groups is 1. The van der Waals surface area contributed by atoms with Crippen LogP contribution in [0.5, 0.6) is 5.75 Å². The van der Waals surface area contributed by atoms with Crippen molar-refractivity contribution in [1.82, 2.24) is 5.32 Å². The summed E-state index contributed by atoms with van der Waals surface area (Å²) in [4.78, 5) is 52.5. The van der Waals surface area contributed by atoms with Crippen LogP contribution < -0.4 is 16.0 Å². The molecule has 5 N–H and O–H groups in total. The molecule has 2 heterocycles. The zero-order chi connectivity index (χ0) is 36.5. The minimum Gasteiger partial charge on any atom is -0.505 e. The van der Waals surface area contributed by atoms with Crippen LogP contribution in [0, 0.1) is 5.92 Å². The van der Waals surface area contributed by atoms with Crippen molar-refractivity contribution in [3.05, 3.63) is 71.4 Å². The van der Waals surface area contributed by atoms with Crippen molar-refractivity contribution in [3.63, 3.8) is 0 Å². The van der Waals surface area contributed by atoms with E-state index in [4.69, 9.17) is 9.47 Å². The maximum atomic E-state index is 13.6. The van der Waals surface area contributed by atoms with E-state index in [0.717, 1.165) is 24.8 Å². The first-order valence-corrected chi connectivity index (χ1v) is 18.7. The highest BCUT2D eigenvalue weighted by atomic mass is 32.2. The minimum atomic E-state index is -1.05. The van der Waals surface area contributed by atoms with Gasteiger partial charge in [0.25, 0.3) is 0 Å². The second-order valence-corrected chi connectivity index (χ2v) is 14.7. The number of benzene rings is 1. The van der Waals surface area contributed by atoms with Crippen LogP contribution in [0.4, 0.5) is 11.4 Å². The molecule has 274 valence electrons. The highest BCUT2D eigenvalue weighted by Gasteiger charge is 2.54. The number of fused-ring (bicyclic) bond motifs is 4. The van der Waals surface area contributed by atoms with E-state index in [1.165, 1.54) is 18.9 Å². The van der Waals surface area contributed by atoms with Gasteiger partial charge in [-0.1, -0.05) is 55.5 Å². The molecule has 1 aromatic carbocycles. The van der Waals surface area contributed by atoms with Crippen LogP contribution in [0.25, 0.3) is 0 Å². The van der Waals surface area contributed by atoms with Crippen molar-refractivity contribution in [2.45, 2.75) is 107 Å². The van der Waals surface area contributed by atoms with E-state index in [-0.39, 0.29) is 41.3 Å². The number of aryl methyl sites for hydroxylation is 1. The number of nitrogens with one attached hydrogen (secondary N) is 3. The van der Waals surface area contributed by atoms with Gasteiger partial charge in [0.2, 0.25) is 17.7 Å². The number of rotatable bonds is 5. The first-order chi connectivity index (χ1) is 24.5. The van der Waals surface area contributed by atoms with E-state index in [1.807, 2.05) is 38.2 Å². The van der Waals surface area contributed by atoms with Gasteiger partial charge in [0, 0.05) is 25.0 Å². The molecule has 1 saturated carbocycles. The fraction of sp³-hybridized carbons (Fsp3) is 0.487. The Balaban J connectivity index is 1.38. The molecule has 0 saturated heterocycles. The molecule has 2 bridgehead atoms. The van der Waals surface area contributed by atoms with Crippen LogP contribution in [0.2, 0.25) is 0 Å². The lowest BCUT2D eigenvalue weighted by Crippen LogP contribution is -2.47. The predicted octanol–water partition coefficient (Wildman–Crippen LogP) is 5.79. The lowest BCUT2D eigenvalue weighted by Gasteiger charge is -2.30. The van der Waals surface area contributed by atoms with Gasteiger partial charge in [-0.2, -0.15) is 0 Å². The summed E-state index contributed by atoms with van der Waals surface area (Å²) in [6, 6.07) is 1.72. The number of aromatic hydroxyl groups is 1. The smallest absolute Gasteiger partial charge is 0.332 e. The Labute approximate surface area is 303 Å². The van der Waals surface area contributed by atoms with Crippen LogP contribution >= 0.6 is 11.8 Å². The molecule has 1 fully saturated rings. The molecule has 0 aromatic heterocycles. The normalized spacial score (nSPS) is 27.5. The maximum Gasteiger partial charge on any atom is 0.332 e. The summed E-state index contributed by atoms with van der Waals surface area (Å²) in [6.45, 7) is 3.64. The summed E-state index contributed by atoms with van der Waals surface area (Å²) in [5, 5.41) is 31.4. The number of esters is 1. The number of aliphatic hydroxyl groups is 1. The number of aliphatic hydroxyl groups excluding tert-OH is 1. The molecule has 4 unspecified atom stereocenters. The Kier molecular flexibility index (Phi) is 13.0. The fourth-order valence-electron chi connectivity index (χ4n) is 6.46. The van der Waals surface area contributed by atoms with Gasteiger partial charge in [0.15, 0.2) is 0 Å². The number of ether oxygens (including phenoxy) is 2. The summed E-state index contributed by atoms with van der Waals surface area (Å²) < 4.78 is 11.6. The van der Waals surface area contributed by atoms with E-state index >= 15 is 0 Å². The van der Waals surface area contributed by atoms with E-state index in [0.29, 0.717) is 60.2 Å². The Morgan fingerprint density at radius 1 is 1.02 bits per heavy atom. The number of phenols is 1. The third-order valence-electron chi connectivity index (χ3n) is 9.84. The first-order valence-electron chi connectivity index (χ1n) is 17.7. The topological polar surface area (TPSA) is 163 Å². The SMILES string of the molecule is COC1/C=C/C=C/C=C/CC(OC(=O)C2(NC(=O)C3=CCCCC3)CC2)C(C)C(O)C(C)=CCCc2cc3c(c(c2O)NC(=O)C1)SCC(=O)N3. The average molecular weight is 720 g/mol. The van der Waals surface area contributed by atoms with Gasteiger partial charge in [0.1, 0.15) is 17.4 Å². The van der Waals surface area contributed by atoms with Crippen molar-refractivity contribution in [3.8, 4) is 5.75 Å². The largest absolute Gasteiger partial charge is 0.505 e. The molecule has 4 aliphatic rings. The monoisotopic (exact) mass is 719 g/mol. The second kappa shape index (κ2) is 17.4. The van der Waals surface area contributed by atoms with Gasteiger partial charge in [-0.25, -0.2) is 4.79 Å². The van der Waals surface area contributed by atoms with Gasteiger partial charge < -0.3 is 35.6 Å². The molecule has 51 heavy (non-hydrogen) atoms. The van der Waals surface area contributed by atoms with Crippen molar-refractivity contribution < 1.29 is 38.9 Å². The predicted molar refractivity (Wildman–Crippen MR) is 197 cm³/mol. The number of hydrogen-bond donors (Lipinski definition) is 5. The van der Waals surface area contributed by atoms with Crippen LogP contribution in [0.1, 0.15) is 77.2 Å². The van der Waals surface area contributed by atoms with Gasteiger partial charge in [-0.15, -0.1) is 11.8 Å². The molecule has 2 aliphatic heterocycles. The van der Waals surface area contributed by atoms with E-state index in [2.05, 4.69) is 16.0 Å². The van der Waals surface area contributed by atoms with Crippen LogP contribution in [-0.2, 0) is 35.1 Å². The van der Waals surface area contributed by atoms with Crippen molar-refractivity contribution >= 4 is 46.8 Å². The number of phenolic OH excluding ortho intramolecular Hbond substituents is 1. The van der Waals surface area contributed by atoms with Crippen LogP contribution in [0.3, 0.4) is 0 Å². The third kappa shape index (κ3) is 9.81. The number of amides is 3. The molecule has 12 heteroatoms. The van der Waals surface area contributed by atoms with Gasteiger partial charge in [0.05, 0.1) is 40.7 Å². The highest BCUT2D eigenvalue weighted by Crippen LogP contribution is 2.45. The zero-order valence-corrected chi connectivity index (χ0v) is 30.4. The van der Waals surface area contributed by atoms with Gasteiger partial charge in [-0.05, 0) is 75.5 Å². The van der Waals surface area contributed by atoms with Crippen molar-refractivity contribution in [1.29, 1.82) is 0 Å². The lowest BCUT2D eigenvalue weighted by molar-refractivity contribution is -0.158. The zero-order valence-electron chi connectivity index (χ0n) is 29.5. The molecule has 0 radical (unpaired) electrons. The standard InChI is InChI=1S/C39H49N3O8S/c1-24-13-12-16-27-21-29-36(51-23-32(44)40-29)33(35(27)46)41-31(43)22-28(49-3)17-10-5-4-6-11-18-30(25(2)34(24)45)50-38(48)39(19-20-39)42-37(47)26-14-8-7-9-15-26/h4-6,10-11,13-14,17,21,25,28,30,34,45-46H,7-9,12,15-16,18-20,22-23H2,1-3H3,(H,40,44)(H,41,43)(H,42,47)/b5-4+,11-6+,17-10+,24-13?. The fourth-order valence-corrected chi connectivity index (χ4v) is 7.36. The number of carbonyl (C=O) groups is 4. The Morgan fingerprint density at radius 2 is 1.80 bits per heavy atom. The Bertz CT molecular complexity index is 1660. The Morgan fingerprint density at radius 3 is 2.53 bits per heavy atom. The lowest BCUT2D eigenvalue weighted by atomic mass is 9.90. The molecule has 5 rings (SSSR count). The number of hydrogen-bond acceptors (Lipinski definition) is 9. The third-order valence-corrected chi connectivity index (χ3v) is 11.0. The average Bonchev–Trinajstić information content (AvgIpc) is 3.91. The summed E-state index contributed by atoms with van der Waals surface area (Å²) >= 11 is 1.24. The molecule has 1 aromatic rings. The quantitative estimate of drug-likeness (QED) is 0.110. The summed E-state index contributed by atoms with van der Waals surface area (Å²) in [6.07, 6.45) is 18.1. The number of anilines is 2. The van der Waals surface area contributed by atoms with Crippen LogP contribution in [-0.4, -0.2) is 70.6 Å². The molecule has 2 aliphatic carbocycles. The van der Waals surface area contributed by atoms with E-state index < -0.39 is 35.7 Å². The number of methoxy groups -OCH3 is 1. The second-order valence-electron chi connectivity index (χ2n) is 13.7. The summed E-state index contributed by atoms with van der Waals surface area (Å²) in [7, 11) is 1.51.